The van der Waals surface area contributed by atoms with Crippen LogP contribution in [0.25, 0.3) is 11.0 Å². The number of aryl methyl sites for hydroxylation is 1. The molecule has 1 N–H and O–H groups in total. The molecule has 0 aliphatic carbocycles. The minimum atomic E-state index is -0.215. The number of hydrogen-bond acceptors (Lipinski definition) is 7. The molecular weight excluding hydrogens is 400 g/mol. The second-order valence-corrected chi connectivity index (χ2v) is 7.35. The molecule has 9 heteroatoms. The molecular formula is C22H26N4O5. The van der Waals surface area contributed by atoms with E-state index in [1.54, 1.807) is 23.0 Å². The van der Waals surface area contributed by atoms with Gasteiger partial charge in [0.1, 0.15) is 5.76 Å². The molecule has 3 aromatic rings. The molecule has 0 spiro atoms. The van der Waals surface area contributed by atoms with Gasteiger partial charge in [0.2, 0.25) is 5.91 Å². The third-order valence-electron chi connectivity index (χ3n) is 5.34. The fourth-order valence-corrected chi connectivity index (χ4v) is 3.75. The number of morpholine rings is 1. The monoisotopic (exact) mass is 426 g/mol. The van der Waals surface area contributed by atoms with Gasteiger partial charge in [0.05, 0.1) is 43.7 Å². The molecule has 1 amide bonds. The standard InChI is InChI=1S/C22H26N4O5/c27-12-9-25(16-17-4-3-13-31-17)20(28)7-8-26-19-6-2-1-5-18(19)23-21(22(26)29)24-10-14-30-15-11-24/h1-6,13,27H,7-12,14-16H2. The smallest absolute Gasteiger partial charge is 0.294 e. The molecule has 1 aromatic carbocycles. The highest BCUT2D eigenvalue weighted by molar-refractivity contribution is 5.78. The van der Waals surface area contributed by atoms with Crippen molar-refractivity contribution in [1.82, 2.24) is 14.5 Å². The van der Waals surface area contributed by atoms with Gasteiger partial charge in [-0.25, -0.2) is 4.98 Å². The molecule has 1 aliphatic rings. The SMILES string of the molecule is O=C(CCn1c(=O)c(N2CCOCC2)nc2ccccc21)N(CCO)Cc1ccco1. The number of furan rings is 1. The molecule has 1 saturated heterocycles. The number of aliphatic hydroxyl groups is 1. The van der Waals surface area contributed by atoms with Crippen molar-refractivity contribution < 1.29 is 19.1 Å². The molecule has 1 aliphatic heterocycles. The summed E-state index contributed by atoms with van der Waals surface area (Å²) in [4.78, 5) is 34.2. The van der Waals surface area contributed by atoms with Gasteiger partial charge >= 0.3 is 0 Å². The van der Waals surface area contributed by atoms with Crippen LogP contribution in [0.5, 0.6) is 0 Å². The summed E-state index contributed by atoms with van der Waals surface area (Å²) >= 11 is 0. The van der Waals surface area contributed by atoms with E-state index in [0.29, 0.717) is 48.9 Å². The summed E-state index contributed by atoms with van der Waals surface area (Å²) in [6.45, 7) is 2.86. The average Bonchev–Trinajstić information content (AvgIpc) is 3.31. The molecule has 31 heavy (non-hydrogen) atoms. The van der Waals surface area contributed by atoms with Gasteiger partial charge in [0.15, 0.2) is 5.82 Å². The molecule has 2 aromatic heterocycles. The summed E-state index contributed by atoms with van der Waals surface area (Å²) in [5.74, 6) is 0.867. The summed E-state index contributed by atoms with van der Waals surface area (Å²) < 4.78 is 12.3. The Kier molecular flexibility index (Phi) is 6.63. The first-order valence-electron chi connectivity index (χ1n) is 10.4. The van der Waals surface area contributed by atoms with Crippen molar-refractivity contribution in [2.45, 2.75) is 19.5 Å². The van der Waals surface area contributed by atoms with E-state index in [1.165, 1.54) is 4.90 Å². The molecule has 0 bridgehead atoms. The van der Waals surface area contributed by atoms with Gasteiger partial charge in [-0.3, -0.25) is 9.59 Å². The third-order valence-corrected chi connectivity index (χ3v) is 5.34. The molecule has 0 saturated carbocycles. The van der Waals surface area contributed by atoms with Crippen molar-refractivity contribution in [2.24, 2.45) is 0 Å². The number of hydrogen-bond donors (Lipinski definition) is 1. The molecule has 3 heterocycles. The lowest BCUT2D eigenvalue weighted by Crippen LogP contribution is -2.41. The number of anilines is 1. The molecule has 164 valence electrons. The average molecular weight is 426 g/mol. The second-order valence-electron chi connectivity index (χ2n) is 7.35. The lowest BCUT2D eigenvalue weighted by molar-refractivity contribution is -0.132. The lowest BCUT2D eigenvalue weighted by Gasteiger charge is -2.28. The van der Waals surface area contributed by atoms with Gasteiger partial charge in [0.25, 0.3) is 5.56 Å². The maximum atomic E-state index is 13.3. The van der Waals surface area contributed by atoms with Crippen molar-refractivity contribution in [3.8, 4) is 0 Å². The van der Waals surface area contributed by atoms with Crippen LogP contribution < -0.4 is 10.5 Å². The van der Waals surface area contributed by atoms with E-state index in [2.05, 4.69) is 4.98 Å². The van der Waals surface area contributed by atoms with E-state index in [0.717, 1.165) is 0 Å². The number of carbonyl (C=O) groups excluding carboxylic acids is 1. The van der Waals surface area contributed by atoms with E-state index < -0.39 is 0 Å². The Hall–Kier alpha value is -3.17. The van der Waals surface area contributed by atoms with Gasteiger partial charge in [-0.15, -0.1) is 0 Å². The zero-order chi connectivity index (χ0) is 21.6. The van der Waals surface area contributed by atoms with Crippen LogP contribution in [0.4, 0.5) is 5.82 Å². The highest BCUT2D eigenvalue weighted by atomic mass is 16.5. The van der Waals surface area contributed by atoms with Gasteiger partial charge in [-0.2, -0.15) is 0 Å². The van der Waals surface area contributed by atoms with Crippen LogP contribution in [-0.2, 0) is 22.6 Å². The molecule has 1 fully saturated rings. The van der Waals surface area contributed by atoms with Gasteiger partial charge in [-0.05, 0) is 24.3 Å². The number of para-hydroxylation sites is 2. The van der Waals surface area contributed by atoms with E-state index in [1.807, 2.05) is 29.2 Å². The Morgan fingerprint density at radius 2 is 1.97 bits per heavy atom. The summed E-state index contributed by atoms with van der Waals surface area (Å²) in [7, 11) is 0. The van der Waals surface area contributed by atoms with Crippen molar-refractivity contribution in [3.05, 3.63) is 58.8 Å². The Balaban J connectivity index is 1.58. The zero-order valence-corrected chi connectivity index (χ0v) is 17.3. The number of carbonyl (C=O) groups is 1. The predicted molar refractivity (Wildman–Crippen MR) is 115 cm³/mol. The fraction of sp³-hybridized carbons (Fsp3) is 0.409. The Labute approximate surface area is 179 Å². The molecule has 0 radical (unpaired) electrons. The quantitative estimate of drug-likeness (QED) is 0.578. The first-order chi connectivity index (χ1) is 15.2. The minimum absolute atomic E-state index is 0.122. The largest absolute Gasteiger partial charge is 0.467 e. The number of rotatable bonds is 8. The van der Waals surface area contributed by atoms with E-state index in [-0.39, 0.29) is 44.1 Å². The lowest BCUT2D eigenvalue weighted by atomic mass is 10.2. The normalized spacial score (nSPS) is 14.2. The Bertz CT molecular complexity index is 1070. The number of ether oxygens (including phenoxy) is 1. The molecule has 4 rings (SSSR count). The predicted octanol–water partition coefficient (Wildman–Crippen LogP) is 1.24. The second kappa shape index (κ2) is 9.76. The van der Waals surface area contributed by atoms with Gasteiger partial charge in [0, 0.05) is 32.6 Å². The van der Waals surface area contributed by atoms with E-state index in [9.17, 15) is 14.7 Å². The first-order valence-corrected chi connectivity index (χ1v) is 10.4. The van der Waals surface area contributed by atoms with Gasteiger partial charge < -0.3 is 28.6 Å². The molecule has 0 atom stereocenters. The number of aromatic nitrogens is 2. The summed E-state index contributed by atoms with van der Waals surface area (Å²) in [5.41, 5.74) is 1.18. The van der Waals surface area contributed by atoms with Crippen molar-refractivity contribution in [3.63, 3.8) is 0 Å². The highest BCUT2D eigenvalue weighted by Crippen LogP contribution is 2.16. The topological polar surface area (TPSA) is 101 Å². The maximum absolute atomic E-state index is 13.3. The van der Waals surface area contributed by atoms with E-state index in [4.69, 9.17) is 9.15 Å². The van der Waals surface area contributed by atoms with Crippen molar-refractivity contribution >= 4 is 22.8 Å². The van der Waals surface area contributed by atoms with Crippen LogP contribution in [0.15, 0.2) is 51.9 Å². The van der Waals surface area contributed by atoms with Gasteiger partial charge in [-0.1, -0.05) is 12.1 Å². The number of nitrogens with zero attached hydrogens (tertiary/aromatic N) is 4. The number of amides is 1. The van der Waals surface area contributed by atoms with E-state index >= 15 is 0 Å². The van der Waals surface area contributed by atoms with Crippen LogP contribution in [-0.4, -0.2) is 64.9 Å². The van der Waals surface area contributed by atoms with Crippen molar-refractivity contribution in [2.75, 3.05) is 44.4 Å². The molecule has 9 nitrogen and oxygen atoms in total. The summed E-state index contributed by atoms with van der Waals surface area (Å²) in [6, 6.07) is 11.0. The van der Waals surface area contributed by atoms with Crippen LogP contribution in [0.2, 0.25) is 0 Å². The van der Waals surface area contributed by atoms with Crippen LogP contribution in [0.3, 0.4) is 0 Å². The summed E-state index contributed by atoms with van der Waals surface area (Å²) in [5, 5.41) is 9.36. The maximum Gasteiger partial charge on any atom is 0.294 e. The summed E-state index contributed by atoms with van der Waals surface area (Å²) in [6.07, 6.45) is 1.67. The fourth-order valence-electron chi connectivity index (χ4n) is 3.75. The van der Waals surface area contributed by atoms with Crippen LogP contribution >= 0.6 is 0 Å². The minimum Gasteiger partial charge on any atom is -0.467 e. The number of benzene rings is 1. The Morgan fingerprint density at radius 3 is 2.71 bits per heavy atom. The number of fused-ring (bicyclic) bond motifs is 1. The highest BCUT2D eigenvalue weighted by Gasteiger charge is 2.21. The third kappa shape index (κ3) is 4.78. The van der Waals surface area contributed by atoms with Crippen molar-refractivity contribution in [1.29, 1.82) is 0 Å². The van der Waals surface area contributed by atoms with Crippen LogP contribution in [0.1, 0.15) is 12.2 Å². The molecule has 0 unspecified atom stereocenters. The first kappa shape index (κ1) is 21.1. The zero-order valence-electron chi connectivity index (χ0n) is 17.3. The Morgan fingerprint density at radius 1 is 1.16 bits per heavy atom. The number of aliphatic hydroxyl groups excluding tert-OH is 1. The van der Waals surface area contributed by atoms with Crippen LogP contribution in [0, 0.1) is 0 Å².